The summed E-state index contributed by atoms with van der Waals surface area (Å²) in [4.78, 5) is 9.24. The summed E-state index contributed by atoms with van der Waals surface area (Å²) in [6.45, 7) is 4.06. The smallest absolute Gasteiger partial charge is 0.212 e. The van der Waals surface area contributed by atoms with E-state index in [1.165, 1.54) is 16.9 Å². The Hall–Kier alpha value is -2.73. The number of phenols is 1. The highest BCUT2D eigenvalue weighted by Gasteiger charge is 2.21. The summed E-state index contributed by atoms with van der Waals surface area (Å²) in [6.07, 6.45) is 0.703. The lowest BCUT2D eigenvalue weighted by atomic mass is 10.2. The monoisotopic (exact) mass is 336 g/mol. The molecule has 2 aromatic carbocycles. The highest BCUT2D eigenvalue weighted by atomic mass is 32.1. The number of hydrogen-bond acceptors (Lipinski definition) is 5. The van der Waals surface area contributed by atoms with Gasteiger partial charge in [0.05, 0.1) is 15.9 Å². The van der Waals surface area contributed by atoms with Crippen LogP contribution in [-0.2, 0) is 0 Å². The maximum Gasteiger partial charge on any atom is 0.212 e. The van der Waals surface area contributed by atoms with Crippen LogP contribution in [-0.4, -0.2) is 21.6 Å². The Labute approximate surface area is 143 Å². The van der Waals surface area contributed by atoms with Gasteiger partial charge in [-0.2, -0.15) is 5.10 Å². The number of phenolic OH excluding ortho intramolecular Hbond substituents is 1. The minimum absolute atomic E-state index is 0.242. The van der Waals surface area contributed by atoms with Crippen LogP contribution >= 0.6 is 11.3 Å². The maximum absolute atomic E-state index is 9.59. The third kappa shape index (κ3) is 2.76. The number of aliphatic imine (C=N–C) groups is 1. The van der Waals surface area contributed by atoms with E-state index in [2.05, 4.69) is 29.1 Å². The van der Waals surface area contributed by atoms with E-state index in [0.717, 1.165) is 27.5 Å². The summed E-state index contributed by atoms with van der Waals surface area (Å²) in [5, 5.41) is 16.7. The van der Waals surface area contributed by atoms with Crippen LogP contribution < -0.4 is 5.01 Å². The first-order valence-corrected chi connectivity index (χ1v) is 8.48. The lowest BCUT2D eigenvalue weighted by Gasteiger charge is -2.15. The van der Waals surface area contributed by atoms with E-state index in [4.69, 9.17) is 4.99 Å². The summed E-state index contributed by atoms with van der Waals surface area (Å²) in [7, 11) is 0. The van der Waals surface area contributed by atoms with Gasteiger partial charge in [-0.3, -0.25) is 0 Å². The predicted molar refractivity (Wildman–Crippen MR) is 99.8 cm³/mol. The van der Waals surface area contributed by atoms with Crippen molar-refractivity contribution in [1.82, 2.24) is 4.98 Å². The van der Waals surface area contributed by atoms with Crippen LogP contribution in [0.1, 0.15) is 18.9 Å². The summed E-state index contributed by atoms with van der Waals surface area (Å²) in [5.41, 5.74) is 4.07. The number of amidine groups is 1. The second-order valence-corrected chi connectivity index (χ2v) is 6.85. The van der Waals surface area contributed by atoms with Crippen molar-refractivity contribution in [2.75, 3.05) is 5.01 Å². The van der Waals surface area contributed by atoms with Gasteiger partial charge in [0.2, 0.25) is 5.13 Å². The van der Waals surface area contributed by atoms with Gasteiger partial charge in [0.15, 0.2) is 0 Å². The molecule has 0 radical (unpaired) electrons. The quantitative estimate of drug-likeness (QED) is 0.742. The number of anilines is 1. The summed E-state index contributed by atoms with van der Waals surface area (Å²) in [6, 6.07) is 13.4. The van der Waals surface area contributed by atoms with Crippen molar-refractivity contribution in [3.8, 4) is 5.75 Å². The number of aromatic hydroxyl groups is 1. The van der Waals surface area contributed by atoms with Gasteiger partial charge in [-0.1, -0.05) is 29.0 Å². The van der Waals surface area contributed by atoms with E-state index < -0.39 is 0 Å². The Morgan fingerprint density at radius 2 is 1.92 bits per heavy atom. The van der Waals surface area contributed by atoms with Crippen molar-refractivity contribution >= 4 is 43.9 Å². The van der Waals surface area contributed by atoms with Gasteiger partial charge < -0.3 is 5.11 Å². The van der Waals surface area contributed by atoms with Crippen molar-refractivity contribution in [3.05, 3.63) is 48.0 Å². The molecule has 2 heterocycles. The largest absolute Gasteiger partial charge is 0.508 e. The van der Waals surface area contributed by atoms with Crippen molar-refractivity contribution in [2.45, 2.75) is 20.3 Å². The molecule has 24 heavy (non-hydrogen) atoms. The molecule has 1 aliphatic heterocycles. The van der Waals surface area contributed by atoms with Crippen molar-refractivity contribution < 1.29 is 5.11 Å². The Kier molecular flexibility index (Phi) is 3.54. The third-order valence-corrected chi connectivity index (χ3v) is 4.71. The molecule has 0 fully saturated rings. The fraction of sp³-hybridized carbons (Fsp3) is 0.167. The van der Waals surface area contributed by atoms with E-state index in [1.54, 1.807) is 18.2 Å². The average molecular weight is 336 g/mol. The molecular formula is C18H16N4OS. The molecule has 0 bridgehead atoms. The second-order valence-electron chi connectivity index (χ2n) is 5.84. The fourth-order valence-corrected chi connectivity index (χ4v) is 3.50. The zero-order chi connectivity index (χ0) is 16.7. The number of benzene rings is 2. The Morgan fingerprint density at radius 1 is 1.12 bits per heavy atom. The van der Waals surface area contributed by atoms with E-state index >= 15 is 0 Å². The van der Waals surface area contributed by atoms with Crippen LogP contribution in [0.3, 0.4) is 0 Å². The molecule has 1 N–H and O–H groups in total. The van der Waals surface area contributed by atoms with Gasteiger partial charge >= 0.3 is 0 Å². The number of fused-ring (bicyclic) bond motifs is 1. The molecule has 0 spiro atoms. The molecule has 0 unspecified atom stereocenters. The molecule has 3 aromatic rings. The summed E-state index contributed by atoms with van der Waals surface area (Å²) < 4.78 is 0.923. The normalized spacial score (nSPS) is 16.2. The fourth-order valence-electron chi connectivity index (χ4n) is 2.61. The minimum Gasteiger partial charge on any atom is -0.508 e. The second kappa shape index (κ2) is 5.72. The SMILES string of the molecule is CC1=NN(c2ccc(C)cc2)/C(=N/c2nc3ccc(O)cc3s2)C1. The number of hydrogen-bond donors (Lipinski definition) is 1. The van der Waals surface area contributed by atoms with Crippen LogP contribution in [0.2, 0.25) is 0 Å². The van der Waals surface area contributed by atoms with Gasteiger partial charge in [0.25, 0.3) is 0 Å². The van der Waals surface area contributed by atoms with E-state index in [0.29, 0.717) is 11.6 Å². The summed E-state index contributed by atoms with van der Waals surface area (Å²) in [5.74, 6) is 1.10. The molecule has 6 heteroatoms. The van der Waals surface area contributed by atoms with E-state index in [1.807, 2.05) is 24.1 Å². The van der Waals surface area contributed by atoms with Gasteiger partial charge in [-0.25, -0.2) is 15.0 Å². The maximum atomic E-state index is 9.59. The predicted octanol–water partition coefficient (Wildman–Crippen LogP) is 4.63. The Morgan fingerprint density at radius 3 is 2.71 bits per heavy atom. The van der Waals surface area contributed by atoms with Gasteiger partial charge in [0.1, 0.15) is 11.6 Å². The Balaban J connectivity index is 1.72. The van der Waals surface area contributed by atoms with Crippen molar-refractivity contribution in [2.24, 2.45) is 10.1 Å². The molecule has 5 nitrogen and oxygen atoms in total. The highest BCUT2D eigenvalue weighted by Crippen LogP contribution is 2.32. The van der Waals surface area contributed by atoms with Crippen LogP contribution in [0, 0.1) is 6.92 Å². The zero-order valence-electron chi connectivity index (χ0n) is 13.4. The average Bonchev–Trinajstić information content (AvgIpc) is 3.10. The Bertz CT molecular complexity index is 972. The molecule has 0 atom stereocenters. The molecule has 0 saturated heterocycles. The molecule has 1 aromatic heterocycles. The van der Waals surface area contributed by atoms with Gasteiger partial charge in [-0.15, -0.1) is 0 Å². The number of thiazole rings is 1. The van der Waals surface area contributed by atoms with E-state index in [9.17, 15) is 5.11 Å². The first-order valence-electron chi connectivity index (χ1n) is 7.66. The molecule has 120 valence electrons. The molecule has 4 rings (SSSR count). The molecule has 0 saturated carbocycles. The van der Waals surface area contributed by atoms with Gasteiger partial charge in [0, 0.05) is 12.1 Å². The first kappa shape index (κ1) is 14.8. The van der Waals surface area contributed by atoms with Crippen LogP contribution in [0.15, 0.2) is 52.6 Å². The lowest BCUT2D eigenvalue weighted by molar-refractivity contribution is 0.476. The first-order chi connectivity index (χ1) is 11.6. The molecule has 0 amide bonds. The molecular weight excluding hydrogens is 320 g/mol. The summed E-state index contributed by atoms with van der Waals surface area (Å²) >= 11 is 1.46. The lowest BCUT2D eigenvalue weighted by Crippen LogP contribution is -2.19. The van der Waals surface area contributed by atoms with Crippen molar-refractivity contribution in [3.63, 3.8) is 0 Å². The van der Waals surface area contributed by atoms with Crippen LogP contribution in [0.4, 0.5) is 10.8 Å². The zero-order valence-corrected chi connectivity index (χ0v) is 14.2. The third-order valence-electron chi connectivity index (χ3n) is 3.79. The topological polar surface area (TPSA) is 61.1 Å². The number of rotatable bonds is 2. The molecule has 1 aliphatic rings. The van der Waals surface area contributed by atoms with Crippen molar-refractivity contribution in [1.29, 1.82) is 0 Å². The number of aromatic nitrogens is 1. The highest BCUT2D eigenvalue weighted by molar-refractivity contribution is 7.22. The molecule has 0 aliphatic carbocycles. The van der Waals surface area contributed by atoms with E-state index in [-0.39, 0.29) is 5.75 Å². The van der Waals surface area contributed by atoms with Crippen LogP contribution in [0.5, 0.6) is 5.75 Å². The van der Waals surface area contributed by atoms with Crippen LogP contribution in [0.25, 0.3) is 10.2 Å². The van der Waals surface area contributed by atoms with Gasteiger partial charge in [-0.05, 0) is 44.2 Å². The number of aryl methyl sites for hydroxylation is 1. The minimum atomic E-state index is 0.242. The number of hydrazone groups is 1. The number of nitrogens with zero attached hydrogens (tertiary/aromatic N) is 4. The standard InChI is InChI=1S/C18H16N4OS/c1-11-3-5-13(6-4-11)22-17(9-12(2)21-22)20-18-19-15-8-7-14(23)10-16(15)24-18/h3-8,10,23H,9H2,1-2H3/b20-17+.